The monoisotopic (exact) mass is 302 g/mol. The number of rotatable bonds is 6. The minimum absolute atomic E-state index is 0.262. The Bertz CT molecular complexity index is 319. The summed E-state index contributed by atoms with van der Waals surface area (Å²) in [6, 6.07) is 0.904. The molecule has 0 amide bonds. The maximum absolute atomic E-state index is 11.4. The second kappa shape index (κ2) is 6.86. The average molecular weight is 303 g/mol. The SMILES string of the molecule is C=CC(=C)C[Si](C)(C)COC(=O)/C(C)=C/Br. The van der Waals surface area contributed by atoms with E-state index in [0.717, 1.165) is 11.6 Å². The molecular formula is C12H19BrO2Si. The number of allylic oxidation sites excluding steroid dienone is 2. The molecule has 0 aromatic rings. The van der Waals surface area contributed by atoms with Gasteiger partial charge in [0.2, 0.25) is 0 Å². The summed E-state index contributed by atoms with van der Waals surface area (Å²) in [6.07, 6.45) is 2.27. The molecule has 0 saturated heterocycles. The fraction of sp³-hybridized carbons (Fsp3) is 0.417. The van der Waals surface area contributed by atoms with Crippen LogP contribution in [0, 0.1) is 0 Å². The molecule has 0 atom stereocenters. The van der Waals surface area contributed by atoms with E-state index in [1.165, 1.54) is 0 Å². The molecule has 0 saturated carbocycles. The third-order valence-corrected chi connectivity index (χ3v) is 5.10. The van der Waals surface area contributed by atoms with Gasteiger partial charge < -0.3 is 4.74 Å². The second-order valence-electron chi connectivity index (χ2n) is 4.57. The lowest BCUT2D eigenvalue weighted by molar-refractivity contribution is -0.137. The Kier molecular flexibility index (Phi) is 6.60. The lowest BCUT2D eigenvalue weighted by Crippen LogP contribution is -2.34. The summed E-state index contributed by atoms with van der Waals surface area (Å²) in [6.45, 7) is 13.6. The molecule has 0 radical (unpaired) electrons. The van der Waals surface area contributed by atoms with Crippen LogP contribution < -0.4 is 0 Å². The van der Waals surface area contributed by atoms with Crippen LogP contribution in [0.4, 0.5) is 0 Å². The van der Waals surface area contributed by atoms with Crippen LogP contribution in [0.15, 0.2) is 35.4 Å². The summed E-state index contributed by atoms with van der Waals surface area (Å²) in [5, 5.41) is 0. The number of hydrogen-bond donors (Lipinski definition) is 0. The molecule has 0 aliphatic rings. The summed E-state index contributed by atoms with van der Waals surface area (Å²) in [7, 11) is -1.57. The predicted molar refractivity (Wildman–Crippen MR) is 75.3 cm³/mol. The molecule has 0 rings (SSSR count). The summed E-state index contributed by atoms with van der Waals surface area (Å²) < 4.78 is 5.25. The molecule has 0 aromatic carbocycles. The van der Waals surface area contributed by atoms with E-state index in [9.17, 15) is 4.79 Å². The fourth-order valence-electron chi connectivity index (χ4n) is 1.16. The minimum atomic E-state index is -1.57. The van der Waals surface area contributed by atoms with Gasteiger partial charge in [0.05, 0.1) is 14.3 Å². The topological polar surface area (TPSA) is 26.3 Å². The van der Waals surface area contributed by atoms with Crippen molar-refractivity contribution in [2.24, 2.45) is 0 Å². The molecule has 4 heteroatoms. The van der Waals surface area contributed by atoms with Crippen LogP contribution in [0.3, 0.4) is 0 Å². The molecule has 0 aliphatic heterocycles. The zero-order valence-electron chi connectivity index (χ0n) is 10.2. The fourth-order valence-corrected chi connectivity index (χ4v) is 3.34. The maximum Gasteiger partial charge on any atom is 0.333 e. The second-order valence-corrected chi connectivity index (χ2v) is 10.0. The largest absolute Gasteiger partial charge is 0.466 e. The third-order valence-electron chi connectivity index (χ3n) is 2.07. The Hall–Kier alpha value is -0.613. The van der Waals surface area contributed by atoms with Crippen LogP contribution in [0.5, 0.6) is 0 Å². The molecule has 0 fully saturated rings. The van der Waals surface area contributed by atoms with Gasteiger partial charge in [-0.25, -0.2) is 4.79 Å². The molecule has 0 aromatic heterocycles. The van der Waals surface area contributed by atoms with Crippen LogP contribution >= 0.6 is 15.9 Å². The Morgan fingerprint density at radius 1 is 1.50 bits per heavy atom. The first-order chi connectivity index (χ1) is 7.32. The van der Waals surface area contributed by atoms with Crippen LogP contribution in [0.2, 0.25) is 19.1 Å². The molecule has 0 bridgehead atoms. The lowest BCUT2D eigenvalue weighted by atomic mass is 10.4. The molecule has 2 nitrogen and oxygen atoms in total. The summed E-state index contributed by atoms with van der Waals surface area (Å²) in [4.78, 5) is 13.0. The van der Waals surface area contributed by atoms with Crippen molar-refractivity contribution >= 4 is 30.0 Å². The quantitative estimate of drug-likeness (QED) is 0.323. The number of esters is 1. The van der Waals surface area contributed by atoms with Gasteiger partial charge in [0.15, 0.2) is 0 Å². The maximum atomic E-state index is 11.4. The van der Waals surface area contributed by atoms with Crippen LogP contribution in [0.1, 0.15) is 6.92 Å². The molecular weight excluding hydrogens is 284 g/mol. The van der Waals surface area contributed by atoms with Crippen molar-refractivity contribution in [3.8, 4) is 0 Å². The van der Waals surface area contributed by atoms with Crippen LogP contribution in [-0.4, -0.2) is 20.3 Å². The predicted octanol–water partition coefficient (Wildman–Crippen LogP) is 3.82. The number of carbonyl (C=O) groups is 1. The zero-order chi connectivity index (χ0) is 12.8. The highest BCUT2D eigenvalue weighted by Crippen LogP contribution is 2.17. The first kappa shape index (κ1) is 15.4. The van der Waals surface area contributed by atoms with Gasteiger partial charge in [-0.15, -0.1) is 0 Å². The first-order valence-electron chi connectivity index (χ1n) is 5.06. The van der Waals surface area contributed by atoms with E-state index in [0.29, 0.717) is 11.8 Å². The normalized spacial score (nSPS) is 12.1. The van der Waals surface area contributed by atoms with Gasteiger partial charge in [0.1, 0.15) is 0 Å². The molecule has 16 heavy (non-hydrogen) atoms. The van der Waals surface area contributed by atoms with Gasteiger partial charge in [0.25, 0.3) is 0 Å². The lowest BCUT2D eigenvalue weighted by Gasteiger charge is -2.22. The van der Waals surface area contributed by atoms with Gasteiger partial charge in [-0.1, -0.05) is 53.8 Å². The Morgan fingerprint density at radius 3 is 2.50 bits per heavy atom. The molecule has 0 heterocycles. The van der Waals surface area contributed by atoms with Crippen molar-refractivity contribution in [3.63, 3.8) is 0 Å². The molecule has 0 aliphatic carbocycles. The van der Waals surface area contributed by atoms with E-state index < -0.39 is 8.07 Å². The number of ether oxygens (including phenoxy) is 1. The van der Waals surface area contributed by atoms with Gasteiger partial charge in [0, 0.05) is 5.57 Å². The van der Waals surface area contributed by atoms with E-state index >= 15 is 0 Å². The van der Waals surface area contributed by atoms with Crippen molar-refractivity contribution in [2.75, 3.05) is 6.23 Å². The van der Waals surface area contributed by atoms with Crippen molar-refractivity contribution < 1.29 is 9.53 Å². The standard InChI is InChI=1S/C12H19BrO2Si/c1-6-10(2)8-16(4,5)9-15-12(14)11(3)7-13/h6-7H,1-2,8-9H2,3-5H3/b11-7+. The number of hydrogen-bond acceptors (Lipinski definition) is 2. The van der Waals surface area contributed by atoms with Crippen LogP contribution in [-0.2, 0) is 9.53 Å². The zero-order valence-corrected chi connectivity index (χ0v) is 12.8. The Labute approximate surface area is 107 Å². The van der Waals surface area contributed by atoms with E-state index in [2.05, 4.69) is 42.2 Å². The van der Waals surface area contributed by atoms with E-state index in [1.807, 2.05) is 0 Å². The van der Waals surface area contributed by atoms with Gasteiger partial charge in [-0.05, 0) is 18.0 Å². The Morgan fingerprint density at radius 2 is 2.06 bits per heavy atom. The van der Waals surface area contributed by atoms with Crippen molar-refractivity contribution in [1.82, 2.24) is 0 Å². The van der Waals surface area contributed by atoms with Crippen molar-refractivity contribution in [1.29, 1.82) is 0 Å². The minimum Gasteiger partial charge on any atom is -0.466 e. The average Bonchev–Trinajstić information content (AvgIpc) is 2.24. The Balaban J connectivity index is 4.23. The molecule has 90 valence electrons. The van der Waals surface area contributed by atoms with E-state index in [4.69, 9.17) is 4.74 Å². The summed E-state index contributed by atoms with van der Waals surface area (Å²) >= 11 is 3.11. The van der Waals surface area contributed by atoms with Crippen LogP contribution in [0.25, 0.3) is 0 Å². The highest BCUT2D eigenvalue weighted by molar-refractivity contribution is 9.11. The summed E-state index contributed by atoms with van der Waals surface area (Å²) in [5.74, 6) is -0.262. The smallest absolute Gasteiger partial charge is 0.333 e. The first-order valence-corrected chi connectivity index (χ1v) is 9.39. The van der Waals surface area contributed by atoms with Crippen molar-refractivity contribution in [2.45, 2.75) is 26.1 Å². The van der Waals surface area contributed by atoms with E-state index in [1.54, 1.807) is 18.0 Å². The van der Waals surface area contributed by atoms with Crippen molar-refractivity contribution in [3.05, 3.63) is 35.4 Å². The highest BCUT2D eigenvalue weighted by Gasteiger charge is 2.23. The highest BCUT2D eigenvalue weighted by atomic mass is 79.9. The van der Waals surface area contributed by atoms with Gasteiger partial charge >= 0.3 is 5.97 Å². The number of halogens is 1. The molecule has 0 spiro atoms. The number of carbonyl (C=O) groups excluding carboxylic acids is 1. The molecule has 0 N–H and O–H groups in total. The third kappa shape index (κ3) is 6.08. The van der Waals surface area contributed by atoms with Gasteiger partial charge in [-0.3, -0.25) is 0 Å². The molecule has 0 unspecified atom stereocenters. The van der Waals surface area contributed by atoms with Gasteiger partial charge in [-0.2, -0.15) is 0 Å². The summed E-state index contributed by atoms with van der Waals surface area (Å²) in [5.41, 5.74) is 1.59. The van der Waals surface area contributed by atoms with E-state index in [-0.39, 0.29) is 5.97 Å².